The topological polar surface area (TPSA) is 12.0 Å². The van der Waals surface area contributed by atoms with Gasteiger partial charge in [-0.15, -0.1) is 0 Å². The molecule has 0 heterocycles. The van der Waals surface area contributed by atoms with Gasteiger partial charge in [0, 0.05) is 12.1 Å². The predicted octanol–water partition coefficient (Wildman–Crippen LogP) is 4.37. The third-order valence-electron chi connectivity index (χ3n) is 5.31. The molecule has 0 aromatic heterocycles. The summed E-state index contributed by atoms with van der Waals surface area (Å²) in [6.45, 7) is 7.37. The fourth-order valence-electron chi connectivity index (χ4n) is 4.00. The molecule has 100 valence electrons. The summed E-state index contributed by atoms with van der Waals surface area (Å²) >= 11 is 0. The van der Waals surface area contributed by atoms with E-state index < -0.39 is 0 Å². The highest BCUT2D eigenvalue weighted by Crippen LogP contribution is 2.31. The molecule has 4 atom stereocenters. The van der Waals surface area contributed by atoms with Crippen LogP contribution in [0.2, 0.25) is 0 Å². The van der Waals surface area contributed by atoms with Gasteiger partial charge in [0.05, 0.1) is 0 Å². The molecule has 4 unspecified atom stereocenters. The molecule has 0 aromatic carbocycles. The lowest BCUT2D eigenvalue weighted by Crippen LogP contribution is -2.49. The van der Waals surface area contributed by atoms with Gasteiger partial charge >= 0.3 is 0 Å². The number of rotatable bonds is 2. The van der Waals surface area contributed by atoms with Crippen molar-refractivity contribution in [3.05, 3.63) is 0 Å². The Morgan fingerprint density at radius 1 is 0.647 bits per heavy atom. The van der Waals surface area contributed by atoms with Gasteiger partial charge in [-0.2, -0.15) is 0 Å². The first-order valence-electron chi connectivity index (χ1n) is 7.94. The number of hydrogen-bond acceptors (Lipinski definition) is 1. The Kier molecular flexibility index (Phi) is 4.90. The van der Waals surface area contributed by atoms with Gasteiger partial charge in [0.1, 0.15) is 0 Å². The van der Waals surface area contributed by atoms with Crippen molar-refractivity contribution < 1.29 is 0 Å². The highest BCUT2D eigenvalue weighted by Gasteiger charge is 2.31. The van der Waals surface area contributed by atoms with Crippen molar-refractivity contribution in [2.75, 3.05) is 0 Å². The highest BCUT2D eigenvalue weighted by molar-refractivity contribution is 4.88. The predicted molar refractivity (Wildman–Crippen MR) is 75.1 cm³/mol. The zero-order valence-electron chi connectivity index (χ0n) is 12.0. The van der Waals surface area contributed by atoms with E-state index in [0.717, 1.165) is 29.8 Å². The van der Waals surface area contributed by atoms with Crippen LogP contribution >= 0.6 is 0 Å². The van der Waals surface area contributed by atoms with Crippen molar-refractivity contribution in [3.63, 3.8) is 0 Å². The smallest absolute Gasteiger partial charge is 0.0121 e. The Balaban J connectivity index is 1.92. The third kappa shape index (κ3) is 3.47. The van der Waals surface area contributed by atoms with Crippen LogP contribution in [-0.2, 0) is 0 Å². The summed E-state index contributed by atoms with van der Waals surface area (Å²) in [5.74, 6) is 2.65. The molecule has 2 aliphatic carbocycles. The molecule has 2 saturated carbocycles. The lowest BCUT2D eigenvalue weighted by atomic mass is 9.78. The van der Waals surface area contributed by atoms with E-state index >= 15 is 0 Å². The van der Waals surface area contributed by atoms with Crippen LogP contribution < -0.4 is 5.32 Å². The molecule has 0 amide bonds. The summed E-state index contributed by atoms with van der Waals surface area (Å²) < 4.78 is 0. The van der Waals surface area contributed by atoms with Gasteiger partial charge in [0.2, 0.25) is 0 Å². The Bertz CT molecular complexity index is 216. The first kappa shape index (κ1) is 13.4. The van der Waals surface area contributed by atoms with Crippen molar-refractivity contribution >= 4 is 0 Å². The van der Waals surface area contributed by atoms with Crippen LogP contribution in [0.1, 0.15) is 72.1 Å². The van der Waals surface area contributed by atoms with Crippen molar-refractivity contribution in [1.82, 2.24) is 5.32 Å². The second kappa shape index (κ2) is 6.22. The van der Waals surface area contributed by atoms with Crippen LogP contribution in [0.3, 0.4) is 0 Å². The van der Waals surface area contributed by atoms with E-state index in [1.54, 1.807) is 0 Å². The molecule has 0 spiro atoms. The quantitative estimate of drug-likeness (QED) is 0.703. The zero-order valence-corrected chi connectivity index (χ0v) is 12.0. The van der Waals surface area contributed by atoms with Gasteiger partial charge < -0.3 is 5.32 Å². The summed E-state index contributed by atoms with van der Waals surface area (Å²) in [7, 11) is 0. The number of hydrogen-bond donors (Lipinski definition) is 1. The summed E-state index contributed by atoms with van der Waals surface area (Å²) in [5.41, 5.74) is 0. The van der Waals surface area contributed by atoms with E-state index in [1.165, 1.54) is 51.4 Å². The maximum Gasteiger partial charge on any atom is 0.0121 e. The van der Waals surface area contributed by atoms with Crippen molar-refractivity contribution in [2.24, 2.45) is 17.8 Å². The Labute approximate surface area is 108 Å². The fraction of sp³-hybridized carbons (Fsp3) is 1.00. The molecule has 0 aliphatic heterocycles. The summed E-state index contributed by atoms with van der Waals surface area (Å²) in [6, 6.07) is 1.58. The molecule has 1 N–H and O–H groups in total. The third-order valence-corrected chi connectivity index (χ3v) is 5.31. The van der Waals surface area contributed by atoms with Crippen LogP contribution in [0.15, 0.2) is 0 Å². The molecule has 1 heteroatoms. The van der Waals surface area contributed by atoms with Gasteiger partial charge in [-0.3, -0.25) is 0 Å². The van der Waals surface area contributed by atoms with Crippen LogP contribution in [0.4, 0.5) is 0 Å². The SMILES string of the molecule is CC1CCCCCC1NC1C(C)CCCC1C. The van der Waals surface area contributed by atoms with Gasteiger partial charge in [-0.25, -0.2) is 0 Å². The normalized spacial score (nSPS) is 44.3. The molecule has 2 rings (SSSR count). The monoisotopic (exact) mass is 237 g/mol. The van der Waals surface area contributed by atoms with E-state index in [-0.39, 0.29) is 0 Å². The van der Waals surface area contributed by atoms with Crippen LogP contribution in [0, 0.1) is 17.8 Å². The molecule has 0 bridgehead atoms. The molecule has 0 radical (unpaired) electrons. The van der Waals surface area contributed by atoms with Crippen LogP contribution in [0.25, 0.3) is 0 Å². The largest absolute Gasteiger partial charge is 0.310 e. The minimum atomic E-state index is 0.786. The van der Waals surface area contributed by atoms with Gasteiger partial charge in [0.25, 0.3) is 0 Å². The average molecular weight is 237 g/mol. The second-order valence-corrected chi connectivity index (χ2v) is 6.80. The first-order valence-corrected chi connectivity index (χ1v) is 7.94. The summed E-state index contributed by atoms with van der Waals surface area (Å²) in [5, 5.41) is 4.05. The Morgan fingerprint density at radius 2 is 1.24 bits per heavy atom. The molecule has 2 aliphatic rings. The maximum atomic E-state index is 4.05. The highest BCUT2D eigenvalue weighted by atomic mass is 15.0. The standard InChI is InChI=1S/C16H31N/c1-12-8-5-4-6-11-15(12)17-16-13(2)9-7-10-14(16)3/h12-17H,4-11H2,1-3H3. The molecular weight excluding hydrogens is 206 g/mol. The van der Waals surface area contributed by atoms with Gasteiger partial charge in [-0.1, -0.05) is 46.5 Å². The van der Waals surface area contributed by atoms with Gasteiger partial charge in [0.15, 0.2) is 0 Å². The van der Waals surface area contributed by atoms with E-state index in [1.807, 2.05) is 0 Å². The minimum absolute atomic E-state index is 0.786. The van der Waals surface area contributed by atoms with E-state index in [4.69, 9.17) is 0 Å². The lowest BCUT2D eigenvalue weighted by Gasteiger charge is -2.39. The van der Waals surface area contributed by atoms with Crippen LogP contribution in [0.5, 0.6) is 0 Å². The van der Waals surface area contributed by atoms with Crippen molar-refractivity contribution in [2.45, 2.75) is 84.2 Å². The van der Waals surface area contributed by atoms with Crippen molar-refractivity contribution in [1.29, 1.82) is 0 Å². The zero-order chi connectivity index (χ0) is 12.3. The summed E-state index contributed by atoms with van der Waals surface area (Å²) in [6.07, 6.45) is 11.5. The molecule has 2 fully saturated rings. The summed E-state index contributed by atoms with van der Waals surface area (Å²) in [4.78, 5) is 0. The van der Waals surface area contributed by atoms with Crippen LogP contribution in [-0.4, -0.2) is 12.1 Å². The molecule has 0 aromatic rings. The van der Waals surface area contributed by atoms with Gasteiger partial charge in [-0.05, 0) is 43.4 Å². The first-order chi connectivity index (χ1) is 8.18. The minimum Gasteiger partial charge on any atom is -0.310 e. The van der Waals surface area contributed by atoms with Crippen molar-refractivity contribution in [3.8, 4) is 0 Å². The van der Waals surface area contributed by atoms with E-state index in [9.17, 15) is 0 Å². The molecule has 17 heavy (non-hydrogen) atoms. The second-order valence-electron chi connectivity index (χ2n) is 6.80. The molecule has 1 nitrogen and oxygen atoms in total. The average Bonchev–Trinajstić information content (AvgIpc) is 2.49. The van der Waals surface area contributed by atoms with E-state index in [2.05, 4.69) is 26.1 Å². The molecular formula is C16H31N. The fourth-order valence-corrected chi connectivity index (χ4v) is 4.00. The Hall–Kier alpha value is -0.0400. The number of nitrogens with one attached hydrogen (secondary N) is 1. The lowest BCUT2D eigenvalue weighted by molar-refractivity contribution is 0.173. The maximum absolute atomic E-state index is 4.05. The van der Waals surface area contributed by atoms with E-state index in [0.29, 0.717) is 0 Å². The Morgan fingerprint density at radius 3 is 1.94 bits per heavy atom. The molecule has 0 saturated heterocycles.